The molecule has 0 heterocycles. The molecule has 14 heavy (non-hydrogen) atoms. The predicted octanol–water partition coefficient (Wildman–Crippen LogP) is 0.699. The Hall–Kier alpha value is -0.420. The molecule has 1 unspecified atom stereocenters. The number of hydrazine groups is 1. The van der Waals surface area contributed by atoms with Crippen molar-refractivity contribution in [2.45, 2.75) is 38.3 Å². The van der Waals surface area contributed by atoms with Gasteiger partial charge in [-0.2, -0.15) is 11.8 Å². The van der Waals surface area contributed by atoms with Crippen LogP contribution in [0.1, 0.15) is 26.2 Å². The second-order valence-corrected chi connectivity index (χ2v) is 4.47. The van der Waals surface area contributed by atoms with E-state index in [1.54, 1.807) is 0 Å². The van der Waals surface area contributed by atoms with Crippen molar-refractivity contribution in [1.29, 1.82) is 0 Å². The van der Waals surface area contributed by atoms with Gasteiger partial charge in [-0.25, -0.2) is 10.8 Å². The number of thioether (sulfide) groups is 1. The summed E-state index contributed by atoms with van der Waals surface area (Å²) in [7, 11) is 0. The number of rotatable bonds is 5. The first-order chi connectivity index (χ1) is 6.80. The lowest BCUT2D eigenvalue weighted by Gasteiger charge is -2.18. The molecule has 0 bridgehead atoms. The van der Waals surface area contributed by atoms with Gasteiger partial charge in [0.15, 0.2) is 0 Å². The maximum absolute atomic E-state index is 5.40. The molecular formula is C9H20N4S. The van der Waals surface area contributed by atoms with Crippen molar-refractivity contribution in [2.24, 2.45) is 10.8 Å². The van der Waals surface area contributed by atoms with Crippen LogP contribution in [0.4, 0.5) is 0 Å². The molecule has 0 aromatic heterocycles. The predicted molar refractivity (Wildman–Crippen MR) is 63.4 cm³/mol. The molecule has 1 saturated carbocycles. The summed E-state index contributed by atoms with van der Waals surface area (Å²) < 4.78 is 0. The molecule has 5 heteroatoms. The molecule has 0 aromatic rings. The highest BCUT2D eigenvalue weighted by Gasteiger charge is 2.21. The lowest BCUT2D eigenvalue weighted by molar-refractivity contribution is 0.633. The highest BCUT2D eigenvalue weighted by molar-refractivity contribution is 7.98. The first kappa shape index (κ1) is 11.7. The Morgan fingerprint density at radius 3 is 2.79 bits per heavy atom. The van der Waals surface area contributed by atoms with E-state index >= 15 is 0 Å². The van der Waals surface area contributed by atoms with Crippen molar-refractivity contribution in [3.05, 3.63) is 0 Å². The van der Waals surface area contributed by atoms with Crippen molar-refractivity contribution < 1.29 is 0 Å². The SMILES string of the molecule is CCC(CSC)NC(=NC1CC1)NN. The van der Waals surface area contributed by atoms with Crippen molar-refractivity contribution in [3.8, 4) is 0 Å². The molecule has 1 aliphatic rings. The van der Waals surface area contributed by atoms with Gasteiger partial charge in [-0.05, 0) is 25.5 Å². The van der Waals surface area contributed by atoms with E-state index in [0.717, 1.165) is 18.1 Å². The number of hydrogen-bond donors (Lipinski definition) is 3. The van der Waals surface area contributed by atoms with Crippen molar-refractivity contribution in [1.82, 2.24) is 10.7 Å². The number of nitrogens with zero attached hydrogens (tertiary/aromatic N) is 1. The first-order valence-corrected chi connectivity index (χ1v) is 6.49. The van der Waals surface area contributed by atoms with E-state index in [-0.39, 0.29) is 0 Å². The van der Waals surface area contributed by atoms with E-state index < -0.39 is 0 Å². The topological polar surface area (TPSA) is 62.4 Å². The van der Waals surface area contributed by atoms with E-state index in [1.165, 1.54) is 12.8 Å². The minimum absolute atomic E-state index is 0.457. The molecule has 1 atom stereocenters. The minimum atomic E-state index is 0.457. The molecule has 0 radical (unpaired) electrons. The summed E-state index contributed by atoms with van der Waals surface area (Å²) in [6, 6.07) is 0.957. The Morgan fingerprint density at radius 2 is 2.36 bits per heavy atom. The number of guanidine groups is 1. The van der Waals surface area contributed by atoms with Crippen LogP contribution >= 0.6 is 11.8 Å². The van der Waals surface area contributed by atoms with Crippen LogP contribution in [-0.2, 0) is 0 Å². The third-order valence-corrected chi connectivity index (χ3v) is 2.93. The summed E-state index contributed by atoms with van der Waals surface area (Å²) in [5.74, 6) is 7.23. The number of nitrogens with two attached hydrogens (primary N) is 1. The summed E-state index contributed by atoms with van der Waals surface area (Å²) in [6.07, 6.45) is 5.60. The van der Waals surface area contributed by atoms with E-state index in [4.69, 9.17) is 5.84 Å². The fourth-order valence-electron chi connectivity index (χ4n) is 1.16. The second kappa shape index (κ2) is 6.14. The van der Waals surface area contributed by atoms with Gasteiger partial charge in [-0.1, -0.05) is 6.92 Å². The van der Waals surface area contributed by atoms with Gasteiger partial charge < -0.3 is 5.32 Å². The third-order valence-electron chi connectivity index (χ3n) is 2.20. The average molecular weight is 216 g/mol. The maximum Gasteiger partial charge on any atom is 0.206 e. The minimum Gasteiger partial charge on any atom is -0.352 e. The molecule has 0 aliphatic heterocycles. The smallest absolute Gasteiger partial charge is 0.206 e. The lowest BCUT2D eigenvalue weighted by Crippen LogP contribution is -2.47. The van der Waals surface area contributed by atoms with Gasteiger partial charge in [0.2, 0.25) is 5.96 Å². The summed E-state index contributed by atoms with van der Waals surface area (Å²) in [5, 5.41) is 3.32. The molecule has 0 amide bonds. The number of hydrogen-bond acceptors (Lipinski definition) is 3. The zero-order valence-corrected chi connectivity index (χ0v) is 9.73. The van der Waals surface area contributed by atoms with Crippen LogP contribution in [0.15, 0.2) is 4.99 Å². The molecule has 82 valence electrons. The van der Waals surface area contributed by atoms with Gasteiger partial charge in [0.25, 0.3) is 0 Å². The quantitative estimate of drug-likeness (QED) is 0.274. The van der Waals surface area contributed by atoms with Gasteiger partial charge in [0.05, 0.1) is 6.04 Å². The molecule has 1 fully saturated rings. The number of aliphatic imine (C=N–C) groups is 1. The molecule has 0 saturated heterocycles. The largest absolute Gasteiger partial charge is 0.352 e. The third kappa shape index (κ3) is 4.19. The zero-order valence-electron chi connectivity index (χ0n) is 8.92. The van der Waals surface area contributed by atoms with Crippen LogP contribution in [0, 0.1) is 0 Å². The fourth-order valence-corrected chi connectivity index (χ4v) is 1.88. The Balaban J connectivity index is 2.36. The molecule has 4 nitrogen and oxygen atoms in total. The fraction of sp³-hybridized carbons (Fsp3) is 0.889. The van der Waals surface area contributed by atoms with E-state index in [1.807, 2.05) is 11.8 Å². The molecule has 1 rings (SSSR count). The number of nitrogens with one attached hydrogen (secondary N) is 2. The van der Waals surface area contributed by atoms with Crippen molar-refractivity contribution in [2.75, 3.05) is 12.0 Å². The van der Waals surface area contributed by atoms with Crippen LogP contribution in [0.3, 0.4) is 0 Å². The van der Waals surface area contributed by atoms with Crippen LogP contribution in [0.25, 0.3) is 0 Å². The van der Waals surface area contributed by atoms with Gasteiger partial charge in [0.1, 0.15) is 0 Å². The van der Waals surface area contributed by atoms with Gasteiger partial charge in [-0.3, -0.25) is 5.43 Å². The molecule has 4 N–H and O–H groups in total. The van der Waals surface area contributed by atoms with Crippen LogP contribution in [0.5, 0.6) is 0 Å². The summed E-state index contributed by atoms with van der Waals surface area (Å²) >= 11 is 1.84. The van der Waals surface area contributed by atoms with Crippen LogP contribution in [-0.4, -0.2) is 30.1 Å². The molecule has 0 spiro atoms. The van der Waals surface area contributed by atoms with E-state index in [0.29, 0.717) is 12.1 Å². The lowest BCUT2D eigenvalue weighted by atomic mass is 10.3. The highest BCUT2D eigenvalue weighted by Crippen LogP contribution is 2.23. The van der Waals surface area contributed by atoms with Crippen molar-refractivity contribution >= 4 is 17.7 Å². The Labute approximate surface area is 90.1 Å². The average Bonchev–Trinajstić information content (AvgIpc) is 2.99. The van der Waals surface area contributed by atoms with Gasteiger partial charge in [-0.15, -0.1) is 0 Å². The Bertz CT molecular complexity index is 191. The molecular weight excluding hydrogens is 196 g/mol. The Kier molecular flexibility index (Phi) is 5.11. The summed E-state index contributed by atoms with van der Waals surface area (Å²) in [5.41, 5.74) is 2.63. The summed E-state index contributed by atoms with van der Waals surface area (Å²) in [4.78, 5) is 4.44. The summed E-state index contributed by atoms with van der Waals surface area (Å²) in [6.45, 7) is 2.17. The van der Waals surface area contributed by atoms with E-state index in [9.17, 15) is 0 Å². The van der Waals surface area contributed by atoms with Crippen LogP contribution < -0.4 is 16.6 Å². The monoisotopic (exact) mass is 216 g/mol. The standard InChI is InChI=1S/C9H20N4S/c1-3-7(6-14-2)11-9(13-10)12-8-4-5-8/h7-8H,3-6,10H2,1-2H3,(H2,11,12,13). The van der Waals surface area contributed by atoms with Gasteiger partial charge >= 0.3 is 0 Å². The Morgan fingerprint density at radius 1 is 1.64 bits per heavy atom. The molecule has 1 aliphatic carbocycles. The van der Waals surface area contributed by atoms with Crippen molar-refractivity contribution in [3.63, 3.8) is 0 Å². The normalized spacial score (nSPS) is 19.2. The highest BCUT2D eigenvalue weighted by atomic mass is 32.2. The molecule has 0 aromatic carbocycles. The van der Waals surface area contributed by atoms with Crippen LogP contribution in [0.2, 0.25) is 0 Å². The first-order valence-electron chi connectivity index (χ1n) is 5.10. The maximum atomic E-state index is 5.40. The second-order valence-electron chi connectivity index (χ2n) is 3.56. The van der Waals surface area contributed by atoms with E-state index in [2.05, 4.69) is 28.9 Å². The van der Waals surface area contributed by atoms with Gasteiger partial charge in [0, 0.05) is 11.8 Å². The zero-order chi connectivity index (χ0) is 10.4.